The fourth-order valence-corrected chi connectivity index (χ4v) is 0.694. The molecule has 2 nitrogen and oxygen atoms in total. The minimum Gasteiger partial charge on any atom is -0.389 e. The quantitative estimate of drug-likeness (QED) is 0.615. The monoisotopic (exact) mass is 153 g/mol. The molecule has 0 fully saturated rings. The van der Waals surface area contributed by atoms with Crippen molar-refractivity contribution in [3.05, 3.63) is 24.4 Å². The Morgan fingerprint density at radius 1 is 1.73 bits per heavy atom. The SMILES string of the molecule is C=CC=N/C=C(/CC)C(C)O. The molecule has 0 aliphatic rings. The standard InChI is InChI=1S/C9H15NO/c1-4-6-10-7-9(5-2)8(3)11/h4,6-8,11H,1,5H2,2-3H3/b9-7-,10-6?. The van der Waals surface area contributed by atoms with E-state index in [1.54, 1.807) is 25.4 Å². The van der Waals surface area contributed by atoms with Crippen molar-refractivity contribution < 1.29 is 5.11 Å². The Kier molecular flexibility index (Phi) is 5.39. The number of rotatable bonds is 4. The smallest absolute Gasteiger partial charge is 0.0739 e. The molecule has 0 aromatic rings. The van der Waals surface area contributed by atoms with Gasteiger partial charge in [-0.15, -0.1) is 0 Å². The summed E-state index contributed by atoms with van der Waals surface area (Å²) in [6.07, 6.45) is 5.30. The first-order chi connectivity index (χ1) is 5.22. The van der Waals surface area contributed by atoms with Gasteiger partial charge in [0.15, 0.2) is 0 Å². The minimum absolute atomic E-state index is 0.401. The number of aliphatic hydroxyl groups excluding tert-OH is 1. The molecule has 0 heterocycles. The van der Waals surface area contributed by atoms with Gasteiger partial charge in [0.1, 0.15) is 0 Å². The number of allylic oxidation sites excluding steroid dienone is 1. The minimum atomic E-state index is -0.401. The van der Waals surface area contributed by atoms with E-state index >= 15 is 0 Å². The van der Waals surface area contributed by atoms with Gasteiger partial charge >= 0.3 is 0 Å². The van der Waals surface area contributed by atoms with Crippen molar-refractivity contribution in [1.29, 1.82) is 0 Å². The molecule has 0 saturated carbocycles. The van der Waals surface area contributed by atoms with Gasteiger partial charge in [0, 0.05) is 12.4 Å². The third kappa shape index (κ3) is 4.51. The van der Waals surface area contributed by atoms with Crippen LogP contribution in [0.2, 0.25) is 0 Å². The first-order valence-electron chi connectivity index (χ1n) is 3.73. The molecular weight excluding hydrogens is 138 g/mol. The fourth-order valence-electron chi connectivity index (χ4n) is 0.694. The highest BCUT2D eigenvalue weighted by Gasteiger charge is 1.99. The second kappa shape index (κ2) is 5.86. The summed E-state index contributed by atoms with van der Waals surface area (Å²) in [6.45, 7) is 7.21. The summed E-state index contributed by atoms with van der Waals surface area (Å²) < 4.78 is 0. The van der Waals surface area contributed by atoms with E-state index in [0.29, 0.717) is 0 Å². The number of hydrogen-bond donors (Lipinski definition) is 1. The van der Waals surface area contributed by atoms with Crippen LogP contribution in [-0.4, -0.2) is 17.4 Å². The van der Waals surface area contributed by atoms with Crippen molar-refractivity contribution in [3.63, 3.8) is 0 Å². The zero-order valence-corrected chi connectivity index (χ0v) is 7.12. The van der Waals surface area contributed by atoms with Gasteiger partial charge in [0.2, 0.25) is 0 Å². The molecule has 62 valence electrons. The van der Waals surface area contributed by atoms with Crippen LogP contribution in [0.4, 0.5) is 0 Å². The summed E-state index contributed by atoms with van der Waals surface area (Å²) in [6, 6.07) is 0. The second-order valence-corrected chi connectivity index (χ2v) is 2.27. The molecule has 0 radical (unpaired) electrons. The van der Waals surface area contributed by atoms with E-state index in [1.807, 2.05) is 6.92 Å². The van der Waals surface area contributed by atoms with Crippen molar-refractivity contribution in [3.8, 4) is 0 Å². The van der Waals surface area contributed by atoms with Gasteiger partial charge in [-0.05, 0) is 18.9 Å². The van der Waals surface area contributed by atoms with Crippen LogP contribution in [-0.2, 0) is 0 Å². The average Bonchev–Trinajstić information content (AvgIpc) is 1.97. The van der Waals surface area contributed by atoms with Gasteiger partial charge < -0.3 is 5.11 Å². The predicted molar refractivity (Wildman–Crippen MR) is 48.7 cm³/mol. The summed E-state index contributed by atoms with van der Waals surface area (Å²) in [4.78, 5) is 3.92. The van der Waals surface area contributed by atoms with Crippen LogP contribution in [0.5, 0.6) is 0 Å². The molecule has 11 heavy (non-hydrogen) atoms. The maximum absolute atomic E-state index is 9.14. The Bertz CT molecular complexity index is 168. The van der Waals surface area contributed by atoms with E-state index in [2.05, 4.69) is 11.6 Å². The molecule has 0 aliphatic heterocycles. The van der Waals surface area contributed by atoms with Crippen LogP contribution < -0.4 is 0 Å². The van der Waals surface area contributed by atoms with E-state index in [4.69, 9.17) is 5.11 Å². The lowest BCUT2D eigenvalue weighted by atomic mass is 10.1. The van der Waals surface area contributed by atoms with Crippen molar-refractivity contribution in [2.75, 3.05) is 0 Å². The molecule has 1 N–H and O–H groups in total. The average molecular weight is 153 g/mol. The molecule has 1 unspecified atom stereocenters. The van der Waals surface area contributed by atoms with E-state index < -0.39 is 6.10 Å². The van der Waals surface area contributed by atoms with Gasteiger partial charge in [0.05, 0.1) is 6.10 Å². The molecule has 1 atom stereocenters. The summed E-state index contributed by atoms with van der Waals surface area (Å²) in [5, 5.41) is 9.14. The first-order valence-corrected chi connectivity index (χ1v) is 3.73. The number of hydrogen-bond acceptors (Lipinski definition) is 2. The second-order valence-electron chi connectivity index (χ2n) is 2.27. The molecule has 0 aromatic heterocycles. The van der Waals surface area contributed by atoms with Crippen molar-refractivity contribution in [2.24, 2.45) is 4.99 Å². The van der Waals surface area contributed by atoms with E-state index in [1.165, 1.54) is 0 Å². The van der Waals surface area contributed by atoms with Gasteiger partial charge in [-0.3, -0.25) is 4.99 Å². The maximum atomic E-state index is 9.14. The Hall–Kier alpha value is -0.890. The van der Waals surface area contributed by atoms with Gasteiger partial charge in [-0.25, -0.2) is 0 Å². The highest BCUT2D eigenvalue weighted by molar-refractivity contribution is 5.70. The Morgan fingerprint density at radius 3 is 2.73 bits per heavy atom. The summed E-state index contributed by atoms with van der Waals surface area (Å²) in [5.74, 6) is 0. The molecule has 0 aliphatic carbocycles. The van der Waals surface area contributed by atoms with Crippen LogP contribution >= 0.6 is 0 Å². The zero-order valence-electron chi connectivity index (χ0n) is 7.12. The van der Waals surface area contributed by atoms with E-state index in [0.717, 1.165) is 12.0 Å². The fraction of sp³-hybridized carbons (Fsp3) is 0.444. The van der Waals surface area contributed by atoms with Crippen LogP contribution in [0.3, 0.4) is 0 Å². The number of nitrogens with zero attached hydrogens (tertiary/aromatic N) is 1. The van der Waals surface area contributed by atoms with Crippen LogP contribution in [0.15, 0.2) is 29.4 Å². The third-order valence-electron chi connectivity index (χ3n) is 1.38. The lowest BCUT2D eigenvalue weighted by Crippen LogP contribution is -2.02. The lowest BCUT2D eigenvalue weighted by Gasteiger charge is -2.04. The van der Waals surface area contributed by atoms with Crippen LogP contribution in [0.1, 0.15) is 20.3 Å². The Morgan fingerprint density at radius 2 is 2.36 bits per heavy atom. The Balaban J connectivity index is 4.11. The molecule has 0 rings (SSSR count). The van der Waals surface area contributed by atoms with Gasteiger partial charge in [0.25, 0.3) is 0 Å². The lowest BCUT2D eigenvalue weighted by molar-refractivity contribution is 0.227. The highest BCUT2D eigenvalue weighted by atomic mass is 16.3. The zero-order chi connectivity index (χ0) is 8.69. The van der Waals surface area contributed by atoms with Gasteiger partial charge in [-0.1, -0.05) is 19.6 Å². The highest BCUT2D eigenvalue weighted by Crippen LogP contribution is 2.05. The number of aliphatic hydroxyl groups is 1. The summed E-state index contributed by atoms with van der Waals surface area (Å²) in [5.41, 5.74) is 0.933. The predicted octanol–water partition coefficient (Wildman–Crippen LogP) is 1.92. The largest absolute Gasteiger partial charge is 0.389 e. The first kappa shape index (κ1) is 10.1. The van der Waals surface area contributed by atoms with Gasteiger partial charge in [-0.2, -0.15) is 0 Å². The molecule has 0 aromatic carbocycles. The molecule has 0 bridgehead atoms. The normalized spacial score (nSPS) is 15.4. The van der Waals surface area contributed by atoms with E-state index in [9.17, 15) is 0 Å². The molecule has 2 heteroatoms. The van der Waals surface area contributed by atoms with Crippen molar-refractivity contribution in [1.82, 2.24) is 0 Å². The molecule has 0 amide bonds. The van der Waals surface area contributed by atoms with Crippen LogP contribution in [0, 0.1) is 0 Å². The van der Waals surface area contributed by atoms with E-state index in [-0.39, 0.29) is 0 Å². The molecule has 0 spiro atoms. The van der Waals surface area contributed by atoms with Crippen molar-refractivity contribution >= 4 is 6.21 Å². The molecular formula is C9H15NO. The van der Waals surface area contributed by atoms with Crippen molar-refractivity contribution in [2.45, 2.75) is 26.4 Å². The third-order valence-corrected chi connectivity index (χ3v) is 1.38. The molecule has 0 saturated heterocycles. The summed E-state index contributed by atoms with van der Waals surface area (Å²) in [7, 11) is 0. The van der Waals surface area contributed by atoms with Crippen LogP contribution in [0.25, 0.3) is 0 Å². The number of aliphatic imine (C=N–C) groups is 1. The maximum Gasteiger partial charge on any atom is 0.0739 e. The Labute approximate surface area is 68.0 Å². The summed E-state index contributed by atoms with van der Waals surface area (Å²) >= 11 is 0. The topological polar surface area (TPSA) is 32.6 Å².